The van der Waals surface area contributed by atoms with Crippen LogP contribution in [0, 0.1) is 11.8 Å². The minimum atomic E-state index is -0.844. The summed E-state index contributed by atoms with van der Waals surface area (Å²) >= 11 is 0. The zero-order chi connectivity index (χ0) is 13.7. The summed E-state index contributed by atoms with van der Waals surface area (Å²) in [6, 6.07) is 9.81. The van der Waals surface area contributed by atoms with Crippen molar-refractivity contribution in [1.82, 2.24) is 4.90 Å². The number of hydrogen-bond donors (Lipinski definition) is 0. The van der Waals surface area contributed by atoms with Gasteiger partial charge in [-0.05, 0) is 49.9 Å². The summed E-state index contributed by atoms with van der Waals surface area (Å²) < 4.78 is 12.1. The summed E-state index contributed by atoms with van der Waals surface area (Å²) in [7, 11) is -0.844. The van der Waals surface area contributed by atoms with E-state index in [1.807, 2.05) is 30.3 Å². The van der Waals surface area contributed by atoms with E-state index in [0.717, 1.165) is 29.0 Å². The van der Waals surface area contributed by atoms with Crippen LogP contribution in [0.25, 0.3) is 0 Å². The molecule has 3 heteroatoms. The zero-order valence-electron chi connectivity index (χ0n) is 12.0. The molecule has 1 aliphatic heterocycles. The van der Waals surface area contributed by atoms with Gasteiger partial charge in [-0.15, -0.1) is 0 Å². The molecule has 0 amide bonds. The first-order chi connectivity index (χ1) is 9.16. The highest BCUT2D eigenvalue weighted by atomic mass is 32.2. The second kappa shape index (κ2) is 7.20. The number of nitrogens with zero attached hydrogens (tertiary/aromatic N) is 1. The standard InChI is InChI=1S/C16H25NOS/c1-14(2)15-8-10-17(11-9-15)12-13-19(18)16-6-4-3-5-7-16/h3-7,14-15H,8-13H2,1-2H3. The molecule has 2 rings (SSSR count). The molecule has 0 N–H and O–H groups in total. The maximum absolute atomic E-state index is 12.1. The molecule has 1 saturated heterocycles. The summed E-state index contributed by atoms with van der Waals surface area (Å²) in [5.74, 6) is 2.45. The maximum atomic E-state index is 12.1. The van der Waals surface area contributed by atoms with E-state index in [1.165, 1.54) is 25.9 Å². The van der Waals surface area contributed by atoms with E-state index < -0.39 is 10.8 Å². The lowest BCUT2D eigenvalue weighted by Crippen LogP contribution is -2.37. The van der Waals surface area contributed by atoms with Crippen LogP contribution >= 0.6 is 0 Å². The fraction of sp³-hybridized carbons (Fsp3) is 0.625. The summed E-state index contributed by atoms with van der Waals surface area (Å²) in [5.41, 5.74) is 0. The van der Waals surface area contributed by atoms with E-state index in [2.05, 4.69) is 18.7 Å². The predicted octanol–water partition coefficient (Wildman–Crippen LogP) is 3.16. The number of benzene rings is 1. The summed E-state index contributed by atoms with van der Waals surface area (Å²) in [6.07, 6.45) is 2.60. The van der Waals surface area contributed by atoms with Crippen LogP contribution in [-0.4, -0.2) is 34.5 Å². The molecule has 1 aromatic carbocycles. The first-order valence-electron chi connectivity index (χ1n) is 7.32. The van der Waals surface area contributed by atoms with Gasteiger partial charge in [-0.2, -0.15) is 0 Å². The van der Waals surface area contributed by atoms with E-state index >= 15 is 0 Å². The Morgan fingerprint density at radius 1 is 1.21 bits per heavy atom. The third-order valence-corrected chi connectivity index (χ3v) is 5.53. The first kappa shape index (κ1) is 14.7. The summed E-state index contributed by atoms with van der Waals surface area (Å²) in [5, 5.41) is 0. The van der Waals surface area contributed by atoms with Crippen molar-refractivity contribution in [2.24, 2.45) is 11.8 Å². The van der Waals surface area contributed by atoms with Crippen LogP contribution in [0.15, 0.2) is 35.2 Å². The van der Waals surface area contributed by atoms with Gasteiger partial charge >= 0.3 is 0 Å². The van der Waals surface area contributed by atoms with E-state index in [9.17, 15) is 4.21 Å². The molecule has 0 radical (unpaired) electrons. The van der Waals surface area contributed by atoms with Gasteiger partial charge in [0.2, 0.25) is 0 Å². The van der Waals surface area contributed by atoms with Crippen molar-refractivity contribution < 1.29 is 4.21 Å². The van der Waals surface area contributed by atoms with Gasteiger partial charge in [0, 0.05) is 17.2 Å². The largest absolute Gasteiger partial charge is 0.302 e. The fourth-order valence-electron chi connectivity index (χ4n) is 2.75. The monoisotopic (exact) mass is 279 g/mol. The molecule has 19 heavy (non-hydrogen) atoms. The molecule has 2 nitrogen and oxygen atoms in total. The highest BCUT2D eigenvalue weighted by Crippen LogP contribution is 2.24. The van der Waals surface area contributed by atoms with Crippen molar-refractivity contribution in [3.8, 4) is 0 Å². The third kappa shape index (κ3) is 4.43. The zero-order valence-corrected chi connectivity index (χ0v) is 12.9. The molecule has 1 unspecified atom stereocenters. The number of likely N-dealkylation sites (tertiary alicyclic amines) is 1. The minimum Gasteiger partial charge on any atom is -0.302 e. The minimum absolute atomic E-state index is 0.760. The van der Waals surface area contributed by atoms with E-state index in [-0.39, 0.29) is 0 Å². The predicted molar refractivity (Wildman–Crippen MR) is 81.7 cm³/mol. The van der Waals surface area contributed by atoms with E-state index in [0.29, 0.717) is 0 Å². The molecule has 106 valence electrons. The van der Waals surface area contributed by atoms with Crippen molar-refractivity contribution in [2.45, 2.75) is 31.6 Å². The summed E-state index contributed by atoms with van der Waals surface area (Å²) in [4.78, 5) is 3.43. The maximum Gasteiger partial charge on any atom is 0.0542 e. The molecule has 0 aromatic heterocycles. The van der Waals surface area contributed by atoms with Crippen LogP contribution in [-0.2, 0) is 10.8 Å². The molecular formula is C16H25NOS. The molecule has 0 spiro atoms. The molecule has 1 heterocycles. The lowest BCUT2D eigenvalue weighted by atomic mass is 9.87. The van der Waals surface area contributed by atoms with Crippen LogP contribution < -0.4 is 0 Å². The molecule has 1 aliphatic rings. The Kier molecular flexibility index (Phi) is 5.59. The van der Waals surface area contributed by atoms with Gasteiger partial charge in [0.25, 0.3) is 0 Å². The number of hydrogen-bond acceptors (Lipinski definition) is 2. The highest BCUT2D eigenvalue weighted by Gasteiger charge is 2.21. The molecule has 0 saturated carbocycles. The average molecular weight is 279 g/mol. The number of piperidine rings is 1. The quantitative estimate of drug-likeness (QED) is 0.825. The molecular weight excluding hydrogens is 254 g/mol. The van der Waals surface area contributed by atoms with Gasteiger partial charge in [-0.3, -0.25) is 4.21 Å². The van der Waals surface area contributed by atoms with Gasteiger partial charge < -0.3 is 4.90 Å². The van der Waals surface area contributed by atoms with Crippen LogP contribution in [0.5, 0.6) is 0 Å². The summed E-state index contributed by atoms with van der Waals surface area (Å²) in [6.45, 7) is 7.96. The topological polar surface area (TPSA) is 20.3 Å². The van der Waals surface area contributed by atoms with Crippen LogP contribution in [0.3, 0.4) is 0 Å². The van der Waals surface area contributed by atoms with Crippen LogP contribution in [0.2, 0.25) is 0 Å². The van der Waals surface area contributed by atoms with Gasteiger partial charge in [0.15, 0.2) is 0 Å². The smallest absolute Gasteiger partial charge is 0.0542 e. The molecule has 0 aliphatic carbocycles. The SMILES string of the molecule is CC(C)C1CCN(CCS(=O)c2ccccc2)CC1. The van der Waals surface area contributed by atoms with Crippen LogP contribution in [0.1, 0.15) is 26.7 Å². The Morgan fingerprint density at radius 3 is 2.42 bits per heavy atom. The fourth-order valence-corrected chi connectivity index (χ4v) is 3.87. The van der Waals surface area contributed by atoms with Gasteiger partial charge in [0.1, 0.15) is 0 Å². The van der Waals surface area contributed by atoms with E-state index in [4.69, 9.17) is 0 Å². The lowest BCUT2D eigenvalue weighted by molar-refractivity contribution is 0.165. The Balaban J connectivity index is 1.74. The molecule has 1 atom stereocenters. The Bertz CT molecular complexity index is 396. The van der Waals surface area contributed by atoms with Gasteiger partial charge in [0.05, 0.1) is 10.8 Å². The Hall–Kier alpha value is -0.670. The van der Waals surface area contributed by atoms with Crippen molar-refractivity contribution in [1.29, 1.82) is 0 Å². The highest BCUT2D eigenvalue weighted by molar-refractivity contribution is 7.85. The van der Waals surface area contributed by atoms with Gasteiger partial charge in [-0.25, -0.2) is 0 Å². The first-order valence-corrected chi connectivity index (χ1v) is 8.64. The lowest BCUT2D eigenvalue weighted by Gasteiger charge is -2.33. The van der Waals surface area contributed by atoms with Crippen molar-refractivity contribution in [3.05, 3.63) is 30.3 Å². The van der Waals surface area contributed by atoms with Gasteiger partial charge in [-0.1, -0.05) is 32.0 Å². The third-order valence-electron chi connectivity index (χ3n) is 4.17. The number of rotatable bonds is 5. The molecule has 1 aromatic rings. The average Bonchev–Trinajstić information content (AvgIpc) is 2.46. The Morgan fingerprint density at radius 2 is 1.84 bits per heavy atom. The van der Waals surface area contributed by atoms with Crippen LogP contribution in [0.4, 0.5) is 0 Å². The normalized spacial score (nSPS) is 19.7. The molecule has 1 fully saturated rings. The van der Waals surface area contributed by atoms with E-state index in [1.54, 1.807) is 0 Å². The Labute approximate surface area is 119 Å². The second-order valence-electron chi connectivity index (χ2n) is 5.79. The van der Waals surface area contributed by atoms with Crippen molar-refractivity contribution in [2.75, 3.05) is 25.4 Å². The van der Waals surface area contributed by atoms with Crippen molar-refractivity contribution >= 4 is 10.8 Å². The van der Waals surface area contributed by atoms with Crippen molar-refractivity contribution in [3.63, 3.8) is 0 Å². The molecule has 0 bridgehead atoms. The second-order valence-corrected chi connectivity index (χ2v) is 7.36.